The lowest BCUT2D eigenvalue weighted by atomic mass is 9.77. The number of hydrogen-bond acceptors (Lipinski definition) is 3. The van der Waals surface area contributed by atoms with E-state index in [1.165, 1.54) is 6.07 Å². The Morgan fingerprint density at radius 2 is 1.77 bits per heavy atom. The number of halogens is 1. The van der Waals surface area contributed by atoms with Crippen molar-refractivity contribution in [2.45, 2.75) is 38.0 Å². The largest absolute Gasteiger partial charge is 0.326 e. The molecule has 4 rings (SSSR count). The van der Waals surface area contributed by atoms with E-state index in [-0.39, 0.29) is 11.7 Å². The van der Waals surface area contributed by atoms with Crippen LogP contribution in [0.5, 0.6) is 0 Å². The van der Waals surface area contributed by atoms with E-state index in [0.717, 1.165) is 53.1 Å². The van der Waals surface area contributed by atoms with Gasteiger partial charge in [0.25, 0.3) is 0 Å². The summed E-state index contributed by atoms with van der Waals surface area (Å²) in [5.74, 6) is 0.509. The Bertz CT molecular complexity index is 1130. The number of benzene rings is 2. The van der Waals surface area contributed by atoms with Gasteiger partial charge in [0.05, 0.1) is 5.52 Å². The van der Waals surface area contributed by atoms with Crippen molar-refractivity contribution in [1.82, 2.24) is 4.98 Å². The van der Waals surface area contributed by atoms with E-state index >= 15 is 0 Å². The third-order valence-corrected chi connectivity index (χ3v) is 7.81. The molecule has 0 spiro atoms. The molecule has 1 amide bonds. The van der Waals surface area contributed by atoms with E-state index in [1.807, 2.05) is 30.3 Å². The van der Waals surface area contributed by atoms with Gasteiger partial charge in [-0.2, -0.15) is 0 Å². The predicted molar refractivity (Wildman–Crippen MR) is 125 cm³/mol. The standard InChI is InChI=1S/C25H28FN2O2P/c1-31(2,30)21-10-8-20(9-11-21)28-25(29)15-17-3-5-18(6-4-17)22-13-14-27-24-12-7-19(26)16-23(22)24/h7-14,16-18H,3-6,15H2,1-2H3,(H,28,29)/t17-,18+. The van der Waals surface area contributed by atoms with Gasteiger partial charge in [0, 0.05) is 29.0 Å². The van der Waals surface area contributed by atoms with Crippen LogP contribution in [0.2, 0.25) is 0 Å². The smallest absolute Gasteiger partial charge is 0.224 e. The maximum atomic E-state index is 13.8. The lowest BCUT2D eigenvalue weighted by Gasteiger charge is -2.29. The molecule has 3 aromatic rings. The lowest BCUT2D eigenvalue weighted by Crippen LogP contribution is -2.21. The molecule has 0 atom stereocenters. The second-order valence-electron chi connectivity index (χ2n) is 8.93. The summed E-state index contributed by atoms with van der Waals surface area (Å²) in [6.07, 6.45) is 6.24. The quantitative estimate of drug-likeness (QED) is 0.503. The van der Waals surface area contributed by atoms with Gasteiger partial charge in [-0.15, -0.1) is 0 Å². The number of pyridine rings is 1. The molecule has 1 heterocycles. The molecule has 0 unspecified atom stereocenters. The zero-order valence-electron chi connectivity index (χ0n) is 18.0. The van der Waals surface area contributed by atoms with Crippen LogP contribution < -0.4 is 10.6 Å². The van der Waals surface area contributed by atoms with Gasteiger partial charge >= 0.3 is 0 Å². The SMILES string of the molecule is CP(C)(=O)c1ccc(NC(=O)C[C@H]2CC[C@@H](c3ccnc4ccc(F)cc43)CC2)cc1. The Labute approximate surface area is 182 Å². The van der Waals surface area contributed by atoms with Crippen LogP contribution in [0.25, 0.3) is 10.9 Å². The van der Waals surface area contributed by atoms with Crippen LogP contribution in [-0.4, -0.2) is 24.2 Å². The molecule has 0 bridgehead atoms. The molecule has 6 heteroatoms. The second-order valence-corrected chi connectivity index (χ2v) is 12.1. The molecule has 1 fully saturated rings. The molecule has 1 aromatic heterocycles. The summed E-state index contributed by atoms with van der Waals surface area (Å²) in [4.78, 5) is 16.9. The van der Waals surface area contributed by atoms with Crippen LogP contribution in [0.15, 0.2) is 54.7 Å². The van der Waals surface area contributed by atoms with Crippen molar-refractivity contribution in [3.8, 4) is 0 Å². The molecule has 1 aliphatic rings. The maximum absolute atomic E-state index is 13.8. The van der Waals surface area contributed by atoms with Crippen molar-refractivity contribution in [1.29, 1.82) is 0 Å². The fraction of sp³-hybridized carbons (Fsp3) is 0.360. The Balaban J connectivity index is 1.34. The molecule has 31 heavy (non-hydrogen) atoms. The molecule has 0 aliphatic heterocycles. The van der Waals surface area contributed by atoms with Crippen LogP contribution in [0.1, 0.15) is 43.6 Å². The van der Waals surface area contributed by atoms with Gasteiger partial charge in [0.15, 0.2) is 0 Å². The van der Waals surface area contributed by atoms with Gasteiger partial charge in [0.1, 0.15) is 13.0 Å². The average Bonchev–Trinajstić information content (AvgIpc) is 2.73. The number of amides is 1. The summed E-state index contributed by atoms with van der Waals surface area (Å²) in [7, 11) is -2.29. The van der Waals surface area contributed by atoms with Gasteiger partial charge in [-0.1, -0.05) is 0 Å². The molecule has 2 aromatic carbocycles. The highest BCUT2D eigenvalue weighted by Crippen LogP contribution is 2.39. The maximum Gasteiger partial charge on any atom is 0.224 e. The highest BCUT2D eigenvalue weighted by molar-refractivity contribution is 7.70. The van der Waals surface area contributed by atoms with E-state index in [2.05, 4.69) is 10.3 Å². The summed E-state index contributed by atoms with van der Waals surface area (Å²) in [6, 6.07) is 14.1. The minimum atomic E-state index is -2.29. The number of nitrogens with zero attached hydrogens (tertiary/aromatic N) is 1. The molecule has 162 valence electrons. The summed E-state index contributed by atoms with van der Waals surface area (Å²) in [6.45, 7) is 3.48. The molecule has 4 nitrogen and oxygen atoms in total. The number of nitrogens with one attached hydrogen (secondary N) is 1. The molecule has 1 aliphatic carbocycles. The number of fused-ring (bicyclic) bond motifs is 1. The van der Waals surface area contributed by atoms with Gasteiger partial charge in [-0.3, -0.25) is 9.78 Å². The average molecular weight is 438 g/mol. The first-order valence-electron chi connectivity index (χ1n) is 10.8. The summed E-state index contributed by atoms with van der Waals surface area (Å²) in [5, 5.41) is 4.67. The van der Waals surface area contributed by atoms with Crippen LogP contribution >= 0.6 is 7.14 Å². The third-order valence-electron chi connectivity index (χ3n) is 6.27. The van der Waals surface area contributed by atoms with Crippen molar-refractivity contribution in [3.05, 3.63) is 66.1 Å². The molecular formula is C25H28FN2O2P. The molecule has 1 N–H and O–H groups in total. The first kappa shape index (κ1) is 21.7. The van der Waals surface area contributed by atoms with Crippen molar-refractivity contribution in [3.63, 3.8) is 0 Å². The summed E-state index contributed by atoms with van der Waals surface area (Å²) >= 11 is 0. The Kier molecular flexibility index (Phi) is 6.24. The Morgan fingerprint density at radius 3 is 2.45 bits per heavy atom. The summed E-state index contributed by atoms with van der Waals surface area (Å²) in [5.41, 5.74) is 2.73. The van der Waals surface area contributed by atoms with Crippen molar-refractivity contribution in [2.75, 3.05) is 18.6 Å². The Morgan fingerprint density at radius 1 is 1.06 bits per heavy atom. The zero-order valence-corrected chi connectivity index (χ0v) is 18.9. The van der Waals surface area contributed by atoms with Gasteiger partial charge in [-0.05, 0) is 105 Å². The molecule has 0 saturated heterocycles. The molecule has 0 radical (unpaired) electrons. The first-order valence-corrected chi connectivity index (χ1v) is 13.4. The number of rotatable bonds is 5. The Hall–Kier alpha value is -2.52. The lowest BCUT2D eigenvalue weighted by molar-refractivity contribution is -0.117. The van der Waals surface area contributed by atoms with Gasteiger partial charge in [-0.25, -0.2) is 4.39 Å². The molecular weight excluding hydrogens is 410 g/mol. The first-order chi connectivity index (χ1) is 14.8. The van der Waals surface area contributed by atoms with Crippen molar-refractivity contribution in [2.24, 2.45) is 5.92 Å². The van der Waals surface area contributed by atoms with Gasteiger partial charge < -0.3 is 9.88 Å². The van der Waals surface area contributed by atoms with E-state index < -0.39 is 7.14 Å². The minimum absolute atomic E-state index is 0.0174. The zero-order chi connectivity index (χ0) is 22.0. The van der Waals surface area contributed by atoms with Crippen LogP contribution in [0, 0.1) is 11.7 Å². The topological polar surface area (TPSA) is 59.1 Å². The highest BCUT2D eigenvalue weighted by atomic mass is 31.2. The van der Waals surface area contributed by atoms with Crippen LogP contribution in [0.3, 0.4) is 0 Å². The minimum Gasteiger partial charge on any atom is -0.326 e. The monoisotopic (exact) mass is 438 g/mol. The number of carbonyl (C=O) groups is 1. The predicted octanol–water partition coefficient (Wildman–Crippen LogP) is 5.92. The third kappa shape index (κ3) is 5.22. The fourth-order valence-corrected chi connectivity index (χ4v) is 5.42. The van der Waals surface area contributed by atoms with Crippen molar-refractivity contribution >= 4 is 34.9 Å². The normalized spacial score (nSPS) is 19.3. The van der Waals surface area contributed by atoms with E-state index in [9.17, 15) is 13.8 Å². The number of aromatic nitrogens is 1. The van der Waals surface area contributed by atoms with E-state index in [4.69, 9.17) is 0 Å². The molecule has 1 saturated carbocycles. The van der Waals surface area contributed by atoms with Crippen molar-refractivity contribution < 1.29 is 13.8 Å². The van der Waals surface area contributed by atoms with Crippen LogP contribution in [0.4, 0.5) is 10.1 Å². The fourth-order valence-electron chi connectivity index (χ4n) is 4.55. The summed E-state index contributed by atoms with van der Waals surface area (Å²) < 4.78 is 25.9. The second kappa shape index (κ2) is 8.92. The highest BCUT2D eigenvalue weighted by Gasteiger charge is 2.25. The van der Waals surface area contributed by atoms with Gasteiger partial charge in [0.2, 0.25) is 5.91 Å². The van der Waals surface area contributed by atoms with E-state index in [1.54, 1.807) is 31.7 Å². The van der Waals surface area contributed by atoms with Crippen LogP contribution in [-0.2, 0) is 9.36 Å². The number of carbonyl (C=O) groups excluding carboxylic acids is 1. The number of hydrogen-bond donors (Lipinski definition) is 1. The van der Waals surface area contributed by atoms with E-state index in [0.29, 0.717) is 18.3 Å². The number of anilines is 1.